The summed E-state index contributed by atoms with van der Waals surface area (Å²) in [5.74, 6) is 5.72. The summed E-state index contributed by atoms with van der Waals surface area (Å²) in [7, 11) is -4.49. The predicted molar refractivity (Wildman–Crippen MR) is 184 cm³/mol. The first-order valence-electron chi connectivity index (χ1n) is 14.5. The molecule has 0 bridgehead atoms. The third-order valence-corrected chi connectivity index (χ3v) is 11.5. The maximum Gasteiger partial charge on any atom is 0.447 e. The number of carbonyl (C=O) groups is 1. The molecule has 1 unspecified atom stereocenters. The molecule has 0 aliphatic heterocycles. The summed E-state index contributed by atoms with van der Waals surface area (Å²) in [5, 5.41) is 2.38. The largest absolute Gasteiger partial charge is 0.495 e. The Morgan fingerprint density at radius 1 is 1.17 bits per heavy atom. The fourth-order valence-electron chi connectivity index (χ4n) is 4.18. The number of hydrogen-bond donors (Lipinski definition) is 1. The van der Waals surface area contributed by atoms with Crippen LogP contribution in [0.25, 0.3) is 5.52 Å². The lowest BCUT2D eigenvalue weighted by atomic mass is 10.2. The zero-order valence-corrected chi connectivity index (χ0v) is 31.6. The van der Waals surface area contributed by atoms with Crippen molar-refractivity contribution in [2.24, 2.45) is 0 Å². The van der Waals surface area contributed by atoms with E-state index in [1.54, 1.807) is 39.8 Å². The van der Waals surface area contributed by atoms with Gasteiger partial charge in [0, 0.05) is 37.1 Å². The molecule has 0 saturated heterocycles. The normalized spacial score (nSPS) is 13.3. The average Bonchev–Trinajstić information content (AvgIpc) is 3.25. The molecule has 0 saturated carbocycles. The highest BCUT2D eigenvalue weighted by molar-refractivity contribution is 9.10. The number of hydrogen-bond acceptors (Lipinski definition) is 7. The van der Waals surface area contributed by atoms with Crippen LogP contribution in [0, 0.1) is 11.8 Å². The van der Waals surface area contributed by atoms with E-state index in [1.807, 2.05) is 0 Å². The number of rotatable bonds is 11. The molecule has 3 rings (SSSR count). The van der Waals surface area contributed by atoms with Gasteiger partial charge in [-0.25, -0.2) is 13.2 Å². The SMILES string of the molecule is COc1ccc(S(=O)(=O)N(CC#Cc2cc3c(Br)cccn3c2SC(F)(F)F)C(C)OCC[Si](C)(C)C)cc1NC(=O)OC(C)(C)C. The molecule has 0 radical (unpaired) electrons. The maximum absolute atomic E-state index is 14.1. The molecule has 2 aromatic heterocycles. The Kier molecular flexibility index (Phi) is 12.6. The molecule has 47 heavy (non-hydrogen) atoms. The highest BCUT2D eigenvalue weighted by Gasteiger charge is 2.33. The van der Waals surface area contributed by atoms with Crippen molar-refractivity contribution in [1.29, 1.82) is 0 Å². The maximum atomic E-state index is 14.1. The minimum Gasteiger partial charge on any atom is -0.495 e. The highest BCUT2D eigenvalue weighted by Crippen LogP contribution is 2.40. The van der Waals surface area contributed by atoms with Gasteiger partial charge in [0.1, 0.15) is 22.6 Å². The van der Waals surface area contributed by atoms with Gasteiger partial charge in [0.2, 0.25) is 10.0 Å². The first-order chi connectivity index (χ1) is 21.6. The number of pyridine rings is 1. The molecule has 16 heteroatoms. The molecule has 0 aliphatic carbocycles. The summed E-state index contributed by atoms with van der Waals surface area (Å²) in [5.41, 5.74) is -4.78. The van der Waals surface area contributed by atoms with E-state index in [4.69, 9.17) is 14.2 Å². The van der Waals surface area contributed by atoms with E-state index in [0.29, 0.717) is 16.6 Å². The summed E-state index contributed by atoms with van der Waals surface area (Å²) < 4.78 is 88.4. The van der Waals surface area contributed by atoms with E-state index in [1.165, 1.54) is 42.0 Å². The minimum atomic E-state index is -4.58. The van der Waals surface area contributed by atoms with Gasteiger partial charge in [0.05, 0.1) is 35.3 Å². The van der Waals surface area contributed by atoms with Crippen LogP contribution in [-0.4, -0.2) is 68.9 Å². The Hall–Kier alpha value is -2.68. The molecule has 1 amide bonds. The van der Waals surface area contributed by atoms with Crippen molar-refractivity contribution in [2.75, 3.05) is 25.6 Å². The molecule has 1 atom stereocenters. The van der Waals surface area contributed by atoms with Crippen molar-refractivity contribution in [3.8, 4) is 17.6 Å². The van der Waals surface area contributed by atoms with Gasteiger partial charge >= 0.3 is 11.6 Å². The first-order valence-corrected chi connectivity index (χ1v) is 21.2. The van der Waals surface area contributed by atoms with E-state index in [2.05, 4.69) is 52.7 Å². The zero-order valence-electron chi connectivity index (χ0n) is 27.4. The Morgan fingerprint density at radius 3 is 2.45 bits per heavy atom. The second kappa shape index (κ2) is 15.3. The van der Waals surface area contributed by atoms with Crippen LogP contribution in [0.4, 0.5) is 23.7 Å². The van der Waals surface area contributed by atoms with Crippen LogP contribution >= 0.6 is 27.7 Å². The van der Waals surface area contributed by atoms with Gasteiger partial charge in [-0.2, -0.15) is 17.5 Å². The number of amides is 1. The molecule has 3 aromatic rings. The molecule has 0 aliphatic rings. The van der Waals surface area contributed by atoms with E-state index in [0.717, 1.165) is 10.3 Å². The number of anilines is 1. The lowest BCUT2D eigenvalue weighted by Gasteiger charge is -2.28. The van der Waals surface area contributed by atoms with Crippen molar-refractivity contribution < 1.29 is 40.6 Å². The molecule has 9 nitrogen and oxygen atoms in total. The van der Waals surface area contributed by atoms with Crippen LogP contribution in [0.15, 0.2) is 57.0 Å². The molecular formula is C31H39BrF3N3O6S2Si. The van der Waals surface area contributed by atoms with E-state index in [9.17, 15) is 26.4 Å². The molecule has 1 aromatic carbocycles. The van der Waals surface area contributed by atoms with Crippen LogP contribution in [0.2, 0.25) is 25.7 Å². The van der Waals surface area contributed by atoms with Crippen molar-refractivity contribution in [1.82, 2.24) is 8.71 Å². The van der Waals surface area contributed by atoms with Crippen LogP contribution in [0.1, 0.15) is 33.3 Å². The lowest BCUT2D eigenvalue weighted by molar-refractivity contribution is -0.0330. The van der Waals surface area contributed by atoms with Crippen LogP contribution < -0.4 is 10.1 Å². The van der Waals surface area contributed by atoms with Gasteiger partial charge in [-0.1, -0.05) is 31.5 Å². The Balaban J connectivity index is 2.04. The summed E-state index contributed by atoms with van der Waals surface area (Å²) in [6.07, 6.45) is -0.298. The van der Waals surface area contributed by atoms with Crippen molar-refractivity contribution in [2.45, 2.75) is 80.6 Å². The topological polar surface area (TPSA) is 98.6 Å². The fraction of sp³-hybridized carbons (Fsp3) is 0.452. The number of sulfonamides is 1. The predicted octanol–water partition coefficient (Wildman–Crippen LogP) is 8.41. The van der Waals surface area contributed by atoms with Gasteiger partial charge in [-0.3, -0.25) is 5.32 Å². The second-order valence-corrected chi connectivity index (χ2v) is 22.1. The van der Waals surface area contributed by atoms with Crippen molar-refractivity contribution in [3.05, 3.63) is 52.6 Å². The number of benzene rings is 1. The molecule has 258 valence electrons. The van der Waals surface area contributed by atoms with Crippen LogP contribution in [-0.2, 0) is 19.5 Å². The van der Waals surface area contributed by atoms with Gasteiger partial charge in [-0.15, -0.1) is 0 Å². The van der Waals surface area contributed by atoms with E-state index >= 15 is 0 Å². The Bertz CT molecular complexity index is 1760. The van der Waals surface area contributed by atoms with E-state index < -0.39 is 48.1 Å². The van der Waals surface area contributed by atoms with Crippen LogP contribution in [0.3, 0.4) is 0 Å². The number of nitrogens with one attached hydrogen (secondary N) is 1. The standard InChI is InChI=1S/C31H39BrF3N3O6S2Si/c1-21(43-17-18-47(6,7)8)38(16-9-11-22-19-26-24(32)12-10-15-37(26)28(22)45-31(33,34)35)46(40,41)23-13-14-27(42-5)25(20-23)36-29(39)44-30(2,3)4/h10,12-15,19-21H,16-18H2,1-8H3,(H,36,39). The quantitative estimate of drug-likeness (QED) is 0.0904. The lowest BCUT2D eigenvalue weighted by Crippen LogP contribution is -2.41. The van der Waals surface area contributed by atoms with Gasteiger partial charge in [0.15, 0.2) is 0 Å². The molecule has 1 N–H and O–H groups in total. The Morgan fingerprint density at radius 2 is 1.85 bits per heavy atom. The monoisotopic (exact) mass is 777 g/mol. The first kappa shape index (κ1) is 38.8. The second-order valence-electron chi connectivity index (χ2n) is 12.6. The number of nitrogens with zero attached hydrogens (tertiary/aromatic N) is 2. The summed E-state index contributed by atoms with van der Waals surface area (Å²) in [6.45, 7) is 13.0. The number of thioether (sulfide) groups is 1. The van der Waals surface area contributed by atoms with Crippen LogP contribution in [0.5, 0.6) is 5.75 Å². The third-order valence-electron chi connectivity index (χ3n) is 6.41. The zero-order chi connectivity index (χ0) is 35.4. The molecule has 0 fully saturated rings. The molecule has 2 heterocycles. The van der Waals surface area contributed by atoms with Gasteiger partial charge in [0.25, 0.3) is 0 Å². The minimum absolute atomic E-state index is 0.0565. The highest BCUT2D eigenvalue weighted by atomic mass is 79.9. The number of ether oxygens (including phenoxy) is 3. The van der Waals surface area contributed by atoms with Gasteiger partial charge < -0.3 is 18.6 Å². The number of carbonyl (C=O) groups excluding carboxylic acids is 1. The number of halogens is 4. The molecule has 0 spiro atoms. The Labute approximate surface area is 287 Å². The average molecular weight is 779 g/mol. The summed E-state index contributed by atoms with van der Waals surface area (Å²) >= 11 is 3.06. The fourth-order valence-corrected chi connectivity index (χ4v) is 7.52. The number of aromatic nitrogens is 1. The number of alkyl halides is 3. The summed E-state index contributed by atoms with van der Waals surface area (Å²) in [6, 6.07) is 9.53. The van der Waals surface area contributed by atoms with Crippen molar-refractivity contribution >= 4 is 63.1 Å². The summed E-state index contributed by atoms with van der Waals surface area (Å²) in [4.78, 5) is 12.3. The van der Waals surface area contributed by atoms with Gasteiger partial charge in [-0.05, 0) is 86.1 Å². The van der Waals surface area contributed by atoms with E-state index in [-0.39, 0.29) is 38.7 Å². The molecular weight excluding hydrogens is 739 g/mol. The van der Waals surface area contributed by atoms with Crippen molar-refractivity contribution in [3.63, 3.8) is 0 Å². The smallest absolute Gasteiger partial charge is 0.447 e. The number of methoxy groups -OCH3 is 1. The number of fused-ring (bicyclic) bond motifs is 1. The third kappa shape index (κ3) is 11.2.